The maximum absolute atomic E-state index is 11.4. The number of hydrogen-bond donors (Lipinski definition) is 4. The normalized spacial score (nSPS) is 11.6. The molecule has 0 aliphatic rings. The van der Waals surface area contributed by atoms with Gasteiger partial charge in [-0.1, -0.05) is 12.8 Å². The molecule has 6 N–H and O–H groups in total. The van der Waals surface area contributed by atoms with Gasteiger partial charge in [-0.15, -0.1) is 0 Å². The molecule has 19 heavy (non-hydrogen) atoms. The molecule has 0 saturated carbocycles. The average molecular weight is 274 g/mol. The summed E-state index contributed by atoms with van der Waals surface area (Å²) in [6, 6.07) is 0. The summed E-state index contributed by atoms with van der Waals surface area (Å²) in [4.78, 5) is 25.8. The first-order chi connectivity index (χ1) is 8.97. The van der Waals surface area contributed by atoms with E-state index < -0.39 is 12.2 Å². The number of aliphatic carboxylic acids is 1. The Morgan fingerprint density at radius 1 is 1.26 bits per heavy atom. The Labute approximate surface area is 112 Å². The fourth-order valence-electron chi connectivity index (χ4n) is 1.40. The minimum absolute atomic E-state index is 0.0821. The Morgan fingerprint density at radius 3 is 2.42 bits per heavy atom. The molecule has 0 bridgehead atoms. The summed E-state index contributed by atoms with van der Waals surface area (Å²) < 4.78 is 4.59. The number of nitrogens with two attached hydrogens (primary N) is 2. The molecule has 0 aromatic heterocycles. The number of carboxylic acid groups (broad SMARTS) is 1. The Balaban J connectivity index is 3.58. The van der Waals surface area contributed by atoms with Gasteiger partial charge in [-0.3, -0.25) is 9.79 Å². The number of rotatable bonds is 10. The van der Waals surface area contributed by atoms with E-state index in [9.17, 15) is 9.59 Å². The van der Waals surface area contributed by atoms with E-state index in [2.05, 4.69) is 15.0 Å². The van der Waals surface area contributed by atoms with E-state index in [0.29, 0.717) is 13.0 Å². The molecule has 0 spiro atoms. The highest BCUT2D eigenvalue weighted by atomic mass is 16.5. The summed E-state index contributed by atoms with van der Waals surface area (Å²) in [7, 11) is 1.22. The van der Waals surface area contributed by atoms with Gasteiger partial charge in [-0.05, 0) is 12.8 Å². The number of unbranched alkanes of at least 4 members (excludes halogenated alkanes) is 3. The van der Waals surface area contributed by atoms with Gasteiger partial charge in [-0.25, -0.2) is 4.79 Å². The summed E-state index contributed by atoms with van der Waals surface area (Å²) in [6.07, 6.45) is 2.30. The van der Waals surface area contributed by atoms with E-state index in [0.717, 1.165) is 19.3 Å². The smallest absolute Gasteiger partial charge is 0.354 e. The van der Waals surface area contributed by atoms with Gasteiger partial charge in [0.15, 0.2) is 5.96 Å². The minimum atomic E-state index is -1.28. The maximum Gasteiger partial charge on any atom is 0.354 e. The third-order valence-corrected chi connectivity index (χ3v) is 2.36. The first kappa shape index (κ1) is 17.2. The monoisotopic (exact) mass is 274 g/mol. The number of amides is 1. The molecule has 0 aromatic rings. The van der Waals surface area contributed by atoms with Crippen LogP contribution in [0.25, 0.3) is 0 Å². The lowest BCUT2D eigenvalue weighted by Gasteiger charge is -2.12. The largest absolute Gasteiger partial charge is 0.478 e. The quantitative estimate of drug-likeness (QED) is 0.181. The lowest BCUT2D eigenvalue weighted by Crippen LogP contribution is -2.41. The van der Waals surface area contributed by atoms with Crippen LogP contribution in [-0.4, -0.2) is 42.8 Å². The van der Waals surface area contributed by atoms with Gasteiger partial charge in [0.2, 0.25) is 12.1 Å². The van der Waals surface area contributed by atoms with Crippen molar-refractivity contribution in [3.63, 3.8) is 0 Å². The zero-order valence-electron chi connectivity index (χ0n) is 11.1. The van der Waals surface area contributed by atoms with E-state index in [4.69, 9.17) is 16.6 Å². The van der Waals surface area contributed by atoms with Gasteiger partial charge in [0, 0.05) is 20.1 Å². The summed E-state index contributed by atoms with van der Waals surface area (Å²) >= 11 is 0. The molecule has 0 heterocycles. The molecule has 1 unspecified atom stereocenters. The summed E-state index contributed by atoms with van der Waals surface area (Å²) in [6.45, 7) is 0.583. The Hall–Kier alpha value is -1.83. The van der Waals surface area contributed by atoms with E-state index in [1.54, 1.807) is 0 Å². The molecule has 1 amide bonds. The predicted octanol–water partition coefficient (Wildman–Crippen LogP) is -0.616. The number of hydrogen-bond acceptors (Lipinski definition) is 4. The van der Waals surface area contributed by atoms with Crippen molar-refractivity contribution >= 4 is 17.8 Å². The number of nitrogens with one attached hydrogen (secondary N) is 1. The number of methoxy groups -OCH3 is 1. The van der Waals surface area contributed by atoms with Crippen LogP contribution in [0.5, 0.6) is 0 Å². The van der Waals surface area contributed by atoms with Crippen LogP contribution in [0.4, 0.5) is 0 Å². The number of nitrogens with zero attached hydrogens (tertiary/aromatic N) is 1. The molecule has 8 nitrogen and oxygen atoms in total. The Bertz CT molecular complexity index is 316. The van der Waals surface area contributed by atoms with Crippen LogP contribution in [0.3, 0.4) is 0 Å². The fourth-order valence-corrected chi connectivity index (χ4v) is 1.40. The zero-order chi connectivity index (χ0) is 14.7. The molecule has 0 saturated heterocycles. The number of carbonyl (C=O) groups excluding carboxylic acids is 1. The molecule has 8 heteroatoms. The second-order valence-electron chi connectivity index (χ2n) is 3.99. The third kappa shape index (κ3) is 9.83. The van der Waals surface area contributed by atoms with Crippen molar-refractivity contribution < 1.29 is 19.4 Å². The van der Waals surface area contributed by atoms with Crippen molar-refractivity contribution in [2.75, 3.05) is 13.7 Å². The molecule has 1 atom stereocenters. The predicted molar refractivity (Wildman–Crippen MR) is 70.3 cm³/mol. The molecule has 0 aliphatic heterocycles. The lowest BCUT2D eigenvalue weighted by atomic mass is 10.1. The molecule has 110 valence electrons. The van der Waals surface area contributed by atoms with Crippen molar-refractivity contribution in [2.24, 2.45) is 16.5 Å². The van der Waals surface area contributed by atoms with Crippen LogP contribution in [0.15, 0.2) is 4.99 Å². The van der Waals surface area contributed by atoms with Gasteiger partial charge in [0.25, 0.3) is 0 Å². The minimum Gasteiger partial charge on any atom is -0.478 e. The highest BCUT2D eigenvalue weighted by Crippen LogP contribution is 2.03. The lowest BCUT2D eigenvalue weighted by molar-refractivity contribution is -0.153. The van der Waals surface area contributed by atoms with Gasteiger partial charge in [-0.2, -0.15) is 0 Å². The van der Waals surface area contributed by atoms with Crippen LogP contribution >= 0.6 is 0 Å². The number of carbonyl (C=O) groups is 2. The van der Waals surface area contributed by atoms with Gasteiger partial charge in [0.05, 0.1) is 0 Å². The van der Waals surface area contributed by atoms with Crippen molar-refractivity contribution in [1.82, 2.24) is 5.32 Å². The number of aliphatic imine (C=N–C) groups is 1. The SMILES string of the molecule is COC(NC(=O)CCCCCCN=C(N)N)C(=O)O. The van der Waals surface area contributed by atoms with E-state index in [-0.39, 0.29) is 18.3 Å². The molecule has 0 rings (SSSR count). The Morgan fingerprint density at radius 2 is 1.89 bits per heavy atom. The maximum atomic E-state index is 11.4. The first-order valence-corrected chi connectivity index (χ1v) is 6.07. The molecule has 0 aromatic carbocycles. The van der Waals surface area contributed by atoms with Crippen LogP contribution in [-0.2, 0) is 14.3 Å². The summed E-state index contributed by atoms with van der Waals surface area (Å²) in [5.74, 6) is -1.47. The molecule has 0 fully saturated rings. The van der Waals surface area contributed by atoms with Crippen molar-refractivity contribution in [2.45, 2.75) is 38.3 Å². The second-order valence-corrected chi connectivity index (χ2v) is 3.99. The first-order valence-electron chi connectivity index (χ1n) is 6.07. The number of guanidine groups is 1. The van der Waals surface area contributed by atoms with E-state index >= 15 is 0 Å². The van der Waals surface area contributed by atoms with E-state index in [1.165, 1.54) is 7.11 Å². The van der Waals surface area contributed by atoms with E-state index in [1.807, 2.05) is 0 Å². The highest BCUT2D eigenvalue weighted by molar-refractivity contribution is 5.82. The zero-order valence-corrected chi connectivity index (χ0v) is 11.1. The van der Waals surface area contributed by atoms with Crippen LogP contribution < -0.4 is 16.8 Å². The van der Waals surface area contributed by atoms with Crippen LogP contribution in [0.2, 0.25) is 0 Å². The topological polar surface area (TPSA) is 140 Å². The van der Waals surface area contributed by atoms with Crippen molar-refractivity contribution in [3.05, 3.63) is 0 Å². The molecule has 0 aliphatic carbocycles. The standard InChI is InChI=1S/C11H22N4O4/c1-19-9(10(17)18)15-8(16)6-4-2-3-5-7-14-11(12)13/h9H,2-7H2,1H3,(H,15,16)(H,17,18)(H4,12,13,14). The average Bonchev–Trinajstić information content (AvgIpc) is 2.34. The third-order valence-electron chi connectivity index (χ3n) is 2.36. The van der Waals surface area contributed by atoms with Gasteiger partial charge >= 0.3 is 5.97 Å². The molecule has 0 radical (unpaired) electrons. The van der Waals surface area contributed by atoms with Gasteiger partial charge in [0.1, 0.15) is 0 Å². The summed E-state index contributed by atoms with van der Waals surface area (Å²) in [5.41, 5.74) is 10.3. The molecular weight excluding hydrogens is 252 g/mol. The van der Waals surface area contributed by atoms with Crippen LogP contribution in [0.1, 0.15) is 32.1 Å². The fraction of sp³-hybridized carbons (Fsp3) is 0.727. The Kier molecular flexibility index (Phi) is 9.15. The second kappa shape index (κ2) is 10.1. The highest BCUT2D eigenvalue weighted by Gasteiger charge is 2.18. The summed E-state index contributed by atoms with van der Waals surface area (Å²) in [5, 5.41) is 10.9. The van der Waals surface area contributed by atoms with Crippen molar-refractivity contribution in [1.29, 1.82) is 0 Å². The van der Waals surface area contributed by atoms with Gasteiger partial charge < -0.3 is 26.6 Å². The number of ether oxygens (including phenoxy) is 1. The van der Waals surface area contributed by atoms with Crippen molar-refractivity contribution in [3.8, 4) is 0 Å². The number of carboxylic acids is 1. The molecular formula is C11H22N4O4. The van der Waals surface area contributed by atoms with Crippen LogP contribution in [0, 0.1) is 0 Å².